The number of unbranched alkanes of at least 4 members (excludes halogenated alkanes) is 1. The third-order valence-corrected chi connectivity index (χ3v) is 5.09. The SMILES string of the molecule is NCCCC[C@@H](CC(=O)O)NC(=O)OCC1c2ccccc2-c2ccccc21. The summed E-state index contributed by atoms with van der Waals surface area (Å²) < 4.78 is 5.49. The molecular formula is C22H26N2O4. The minimum Gasteiger partial charge on any atom is -0.481 e. The van der Waals surface area contributed by atoms with Crippen LogP contribution >= 0.6 is 0 Å². The van der Waals surface area contributed by atoms with Crippen molar-refractivity contribution >= 4 is 12.1 Å². The first-order chi connectivity index (χ1) is 13.6. The summed E-state index contributed by atoms with van der Waals surface area (Å²) in [5.74, 6) is -0.968. The third-order valence-electron chi connectivity index (χ3n) is 5.09. The molecule has 1 aliphatic carbocycles. The van der Waals surface area contributed by atoms with Gasteiger partial charge < -0.3 is 20.9 Å². The molecule has 6 nitrogen and oxygen atoms in total. The number of carboxylic acid groups (broad SMARTS) is 1. The van der Waals surface area contributed by atoms with Crippen LogP contribution in [0.25, 0.3) is 11.1 Å². The monoisotopic (exact) mass is 382 g/mol. The first-order valence-electron chi connectivity index (χ1n) is 9.63. The van der Waals surface area contributed by atoms with Gasteiger partial charge in [-0.25, -0.2) is 4.79 Å². The van der Waals surface area contributed by atoms with Crippen LogP contribution in [0, 0.1) is 0 Å². The molecule has 28 heavy (non-hydrogen) atoms. The van der Waals surface area contributed by atoms with E-state index in [1.54, 1.807) is 0 Å². The topological polar surface area (TPSA) is 102 Å². The number of aliphatic carboxylic acids is 1. The number of hydrogen-bond acceptors (Lipinski definition) is 4. The fraction of sp³-hybridized carbons (Fsp3) is 0.364. The third kappa shape index (κ3) is 4.70. The molecular weight excluding hydrogens is 356 g/mol. The first kappa shape index (κ1) is 19.9. The highest BCUT2D eigenvalue weighted by molar-refractivity contribution is 5.79. The van der Waals surface area contributed by atoms with Crippen LogP contribution in [-0.2, 0) is 9.53 Å². The summed E-state index contributed by atoms with van der Waals surface area (Å²) in [6.07, 6.45) is 1.41. The lowest BCUT2D eigenvalue weighted by Crippen LogP contribution is -2.37. The van der Waals surface area contributed by atoms with E-state index >= 15 is 0 Å². The van der Waals surface area contributed by atoms with Crippen LogP contribution < -0.4 is 11.1 Å². The number of rotatable bonds is 9. The quantitative estimate of drug-likeness (QED) is 0.576. The van der Waals surface area contributed by atoms with Gasteiger partial charge in [0.25, 0.3) is 0 Å². The molecule has 148 valence electrons. The maximum absolute atomic E-state index is 12.3. The van der Waals surface area contributed by atoms with E-state index in [2.05, 4.69) is 29.6 Å². The fourth-order valence-electron chi connectivity index (χ4n) is 3.78. The van der Waals surface area contributed by atoms with E-state index in [9.17, 15) is 9.59 Å². The lowest BCUT2D eigenvalue weighted by molar-refractivity contribution is -0.137. The fourth-order valence-corrected chi connectivity index (χ4v) is 3.78. The number of nitrogens with one attached hydrogen (secondary N) is 1. The Hall–Kier alpha value is -2.86. The highest BCUT2D eigenvalue weighted by Crippen LogP contribution is 2.44. The van der Waals surface area contributed by atoms with Crippen LogP contribution in [0.4, 0.5) is 4.79 Å². The van der Waals surface area contributed by atoms with Gasteiger partial charge >= 0.3 is 12.1 Å². The zero-order chi connectivity index (χ0) is 19.9. The largest absolute Gasteiger partial charge is 0.481 e. The molecule has 1 amide bonds. The van der Waals surface area contributed by atoms with Crippen molar-refractivity contribution in [2.45, 2.75) is 37.6 Å². The van der Waals surface area contributed by atoms with Gasteiger partial charge in [-0.15, -0.1) is 0 Å². The minimum absolute atomic E-state index is 0.0201. The van der Waals surface area contributed by atoms with Crippen molar-refractivity contribution in [2.75, 3.05) is 13.2 Å². The Balaban J connectivity index is 1.63. The smallest absolute Gasteiger partial charge is 0.407 e. The molecule has 0 spiro atoms. The van der Waals surface area contributed by atoms with E-state index in [0.29, 0.717) is 13.0 Å². The first-order valence-corrected chi connectivity index (χ1v) is 9.63. The molecule has 0 saturated carbocycles. The Morgan fingerprint density at radius 2 is 1.64 bits per heavy atom. The number of benzene rings is 2. The summed E-state index contributed by atoms with van der Waals surface area (Å²) in [6, 6.07) is 15.8. The van der Waals surface area contributed by atoms with Crippen molar-refractivity contribution in [3.05, 3.63) is 59.7 Å². The highest BCUT2D eigenvalue weighted by atomic mass is 16.5. The van der Waals surface area contributed by atoms with E-state index in [-0.39, 0.29) is 18.9 Å². The second kappa shape index (κ2) is 9.37. The van der Waals surface area contributed by atoms with Crippen molar-refractivity contribution in [1.29, 1.82) is 0 Å². The molecule has 2 aromatic carbocycles. The van der Waals surface area contributed by atoms with Crippen molar-refractivity contribution in [2.24, 2.45) is 5.73 Å². The van der Waals surface area contributed by atoms with Crippen molar-refractivity contribution in [3.63, 3.8) is 0 Å². The van der Waals surface area contributed by atoms with E-state index in [1.807, 2.05) is 24.3 Å². The average Bonchev–Trinajstić information content (AvgIpc) is 3.00. The van der Waals surface area contributed by atoms with Gasteiger partial charge in [0, 0.05) is 12.0 Å². The molecule has 0 unspecified atom stereocenters. The zero-order valence-corrected chi connectivity index (χ0v) is 15.8. The second-order valence-electron chi connectivity index (χ2n) is 7.05. The Morgan fingerprint density at radius 1 is 1.04 bits per heavy atom. The summed E-state index contributed by atoms with van der Waals surface area (Å²) in [6.45, 7) is 0.757. The number of fused-ring (bicyclic) bond motifs is 3. The summed E-state index contributed by atoms with van der Waals surface area (Å²) in [7, 11) is 0. The van der Waals surface area contributed by atoms with E-state index in [1.165, 1.54) is 0 Å². The maximum Gasteiger partial charge on any atom is 0.407 e. The number of carboxylic acids is 1. The van der Waals surface area contributed by atoms with Crippen LogP contribution in [0.2, 0.25) is 0 Å². The summed E-state index contributed by atoms with van der Waals surface area (Å²) in [5, 5.41) is 11.8. The van der Waals surface area contributed by atoms with E-state index in [0.717, 1.165) is 35.1 Å². The Morgan fingerprint density at radius 3 is 2.21 bits per heavy atom. The van der Waals surface area contributed by atoms with Gasteiger partial charge in [0.2, 0.25) is 0 Å². The van der Waals surface area contributed by atoms with Gasteiger partial charge in [0.15, 0.2) is 0 Å². The number of carbonyl (C=O) groups is 2. The van der Waals surface area contributed by atoms with E-state index < -0.39 is 18.1 Å². The van der Waals surface area contributed by atoms with Gasteiger partial charge in [-0.2, -0.15) is 0 Å². The molecule has 0 bridgehead atoms. The van der Waals surface area contributed by atoms with Crippen LogP contribution in [0.1, 0.15) is 42.7 Å². The predicted octanol–water partition coefficient (Wildman–Crippen LogP) is 3.50. The second-order valence-corrected chi connectivity index (χ2v) is 7.05. The Kier molecular flexibility index (Phi) is 6.66. The maximum atomic E-state index is 12.3. The van der Waals surface area contributed by atoms with Gasteiger partial charge in [-0.05, 0) is 41.6 Å². The van der Waals surface area contributed by atoms with Crippen LogP contribution in [0.15, 0.2) is 48.5 Å². The summed E-state index contributed by atoms with van der Waals surface area (Å²) in [4.78, 5) is 23.3. The number of nitrogens with two attached hydrogens (primary N) is 1. The molecule has 1 aliphatic rings. The lowest BCUT2D eigenvalue weighted by Gasteiger charge is -2.19. The molecule has 0 aromatic heterocycles. The van der Waals surface area contributed by atoms with Gasteiger partial charge in [-0.1, -0.05) is 55.0 Å². The number of hydrogen-bond donors (Lipinski definition) is 3. The molecule has 3 rings (SSSR count). The molecule has 0 aliphatic heterocycles. The van der Waals surface area contributed by atoms with Crippen molar-refractivity contribution in [3.8, 4) is 11.1 Å². The highest BCUT2D eigenvalue weighted by Gasteiger charge is 2.29. The van der Waals surface area contributed by atoms with Crippen molar-refractivity contribution in [1.82, 2.24) is 5.32 Å². The zero-order valence-electron chi connectivity index (χ0n) is 15.8. The molecule has 2 aromatic rings. The average molecular weight is 382 g/mol. The molecule has 6 heteroatoms. The molecule has 0 fully saturated rings. The van der Waals surface area contributed by atoms with Gasteiger partial charge in [0.1, 0.15) is 6.61 Å². The standard InChI is InChI=1S/C22H26N2O4/c23-12-6-5-7-15(13-21(25)26)24-22(27)28-14-20-18-10-3-1-8-16(18)17-9-2-4-11-19(17)20/h1-4,8-11,15,20H,5-7,12-14,23H2,(H,24,27)(H,25,26)/t15-/m0/s1. The number of alkyl carbamates (subject to hydrolysis) is 1. The molecule has 0 saturated heterocycles. The summed E-state index contributed by atoms with van der Waals surface area (Å²) in [5.41, 5.74) is 10.1. The Labute approximate surface area is 164 Å². The van der Waals surface area contributed by atoms with Crippen LogP contribution in [0.5, 0.6) is 0 Å². The molecule has 0 radical (unpaired) electrons. The normalized spacial score (nSPS) is 13.5. The number of ether oxygens (including phenoxy) is 1. The Bertz CT molecular complexity index is 791. The van der Waals surface area contributed by atoms with Gasteiger partial charge in [0.05, 0.1) is 6.42 Å². The van der Waals surface area contributed by atoms with Crippen LogP contribution in [0.3, 0.4) is 0 Å². The molecule has 1 atom stereocenters. The predicted molar refractivity (Wildman–Crippen MR) is 107 cm³/mol. The number of carbonyl (C=O) groups excluding carboxylic acids is 1. The van der Waals surface area contributed by atoms with Gasteiger partial charge in [-0.3, -0.25) is 4.79 Å². The molecule has 0 heterocycles. The van der Waals surface area contributed by atoms with Crippen LogP contribution in [-0.4, -0.2) is 36.4 Å². The minimum atomic E-state index is -0.948. The van der Waals surface area contributed by atoms with Crippen molar-refractivity contribution < 1.29 is 19.4 Å². The molecule has 4 N–H and O–H groups in total. The van der Waals surface area contributed by atoms with E-state index in [4.69, 9.17) is 15.6 Å². The number of amides is 1. The summed E-state index contributed by atoms with van der Waals surface area (Å²) >= 11 is 0. The lowest BCUT2D eigenvalue weighted by atomic mass is 9.98.